The van der Waals surface area contributed by atoms with Crippen molar-refractivity contribution in [1.82, 2.24) is 9.88 Å². The Morgan fingerprint density at radius 2 is 2.29 bits per heavy atom. The van der Waals surface area contributed by atoms with Crippen LogP contribution in [-0.2, 0) is 0 Å². The molecule has 2 atom stereocenters. The van der Waals surface area contributed by atoms with E-state index in [-0.39, 0.29) is 13.2 Å². The van der Waals surface area contributed by atoms with E-state index >= 15 is 0 Å². The van der Waals surface area contributed by atoms with Gasteiger partial charge >= 0.3 is 0 Å². The van der Waals surface area contributed by atoms with Crippen molar-refractivity contribution in [3.8, 4) is 5.75 Å². The quantitative estimate of drug-likeness (QED) is 0.748. The lowest BCUT2D eigenvalue weighted by Gasteiger charge is -2.20. The highest BCUT2D eigenvalue weighted by molar-refractivity contribution is 5.85. The number of β-amino-alcohol motifs (C(OH)–C–C–N with tert-alkyl or cyclic N) is 1. The van der Waals surface area contributed by atoms with Crippen LogP contribution in [0.1, 0.15) is 6.42 Å². The van der Waals surface area contributed by atoms with Gasteiger partial charge < -0.3 is 24.8 Å². The van der Waals surface area contributed by atoms with Gasteiger partial charge in [-0.25, -0.2) is 0 Å². The largest absolute Gasteiger partial charge is 0.490 e. The fourth-order valence-corrected chi connectivity index (χ4v) is 2.95. The molecule has 1 aromatic carbocycles. The number of rotatable bonds is 6. The average Bonchev–Trinajstić information content (AvgIpc) is 3.13. The number of aliphatic hydroxyl groups excluding tert-OH is 2. The molecule has 0 amide bonds. The molecule has 5 heteroatoms. The molecule has 5 nitrogen and oxygen atoms in total. The van der Waals surface area contributed by atoms with Gasteiger partial charge in [0, 0.05) is 36.8 Å². The van der Waals surface area contributed by atoms with Crippen molar-refractivity contribution >= 4 is 10.9 Å². The number of nitrogens with one attached hydrogen (secondary N) is 1. The minimum atomic E-state index is -0.517. The average molecular weight is 290 g/mol. The van der Waals surface area contributed by atoms with Gasteiger partial charge in [0.25, 0.3) is 0 Å². The zero-order valence-corrected chi connectivity index (χ0v) is 12.0. The van der Waals surface area contributed by atoms with E-state index in [1.165, 1.54) is 0 Å². The Balaban J connectivity index is 1.52. The number of aliphatic hydroxyl groups is 2. The van der Waals surface area contributed by atoms with E-state index < -0.39 is 6.10 Å². The number of aromatic amines is 1. The third-order valence-corrected chi connectivity index (χ3v) is 4.08. The molecule has 2 unspecified atom stereocenters. The minimum absolute atomic E-state index is 0.235. The van der Waals surface area contributed by atoms with Crippen LogP contribution >= 0.6 is 0 Å². The number of aromatic nitrogens is 1. The summed E-state index contributed by atoms with van der Waals surface area (Å²) in [7, 11) is 0. The van der Waals surface area contributed by atoms with Crippen LogP contribution in [0.5, 0.6) is 5.75 Å². The smallest absolute Gasteiger partial charge is 0.128 e. The van der Waals surface area contributed by atoms with E-state index in [1.807, 2.05) is 30.5 Å². The van der Waals surface area contributed by atoms with E-state index in [2.05, 4.69) is 9.88 Å². The molecule has 1 aromatic heterocycles. The third-order valence-electron chi connectivity index (χ3n) is 4.08. The molecular formula is C16H22N2O3. The molecule has 114 valence electrons. The molecule has 1 saturated heterocycles. The number of hydrogen-bond donors (Lipinski definition) is 3. The van der Waals surface area contributed by atoms with Gasteiger partial charge in [-0.1, -0.05) is 6.07 Å². The van der Waals surface area contributed by atoms with Gasteiger partial charge in [0.05, 0.1) is 0 Å². The molecule has 21 heavy (non-hydrogen) atoms. The van der Waals surface area contributed by atoms with Crippen LogP contribution in [0.4, 0.5) is 0 Å². The highest BCUT2D eigenvalue weighted by atomic mass is 16.5. The first kappa shape index (κ1) is 14.4. The summed E-state index contributed by atoms with van der Waals surface area (Å²) in [5.74, 6) is 1.15. The normalized spacial score (nSPS) is 21.0. The molecule has 2 heterocycles. The van der Waals surface area contributed by atoms with Crippen molar-refractivity contribution in [1.29, 1.82) is 0 Å². The van der Waals surface area contributed by atoms with Crippen LogP contribution in [0, 0.1) is 5.92 Å². The summed E-state index contributed by atoms with van der Waals surface area (Å²) in [5.41, 5.74) is 1.03. The summed E-state index contributed by atoms with van der Waals surface area (Å²) in [6.07, 6.45) is 2.37. The monoisotopic (exact) mass is 290 g/mol. The summed E-state index contributed by atoms with van der Waals surface area (Å²) in [4.78, 5) is 5.33. The topological polar surface area (TPSA) is 68.7 Å². The Bertz CT molecular complexity index is 584. The fourth-order valence-electron chi connectivity index (χ4n) is 2.95. The summed E-state index contributed by atoms with van der Waals surface area (Å²) >= 11 is 0. The number of ether oxygens (including phenoxy) is 1. The standard InChI is InChI=1S/C16H22N2O3/c19-10-12-5-7-18(8-12)9-13(20)11-21-16-3-1-2-15-14(16)4-6-17-15/h1-4,6,12-13,17,19-20H,5,7-11H2. The van der Waals surface area contributed by atoms with Crippen LogP contribution < -0.4 is 4.74 Å². The lowest BCUT2D eigenvalue weighted by Crippen LogP contribution is -2.34. The van der Waals surface area contributed by atoms with Gasteiger partial charge in [-0.3, -0.25) is 0 Å². The summed E-state index contributed by atoms with van der Waals surface area (Å²) in [6.45, 7) is 2.92. The summed E-state index contributed by atoms with van der Waals surface area (Å²) < 4.78 is 5.76. The zero-order valence-electron chi connectivity index (χ0n) is 12.0. The lowest BCUT2D eigenvalue weighted by atomic mass is 10.1. The van der Waals surface area contributed by atoms with E-state index in [0.29, 0.717) is 12.5 Å². The maximum Gasteiger partial charge on any atom is 0.128 e. The Hall–Kier alpha value is -1.56. The van der Waals surface area contributed by atoms with Crippen LogP contribution in [0.15, 0.2) is 30.5 Å². The molecular weight excluding hydrogens is 268 g/mol. The van der Waals surface area contributed by atoms with Gasteiger partial charge in [0.15, 0.2) is 0 Å². The molecule has 3 rings (SSSR count). The van der Waals surface area contributed by atoms with Gasteiger partial charge in [-0.05, 0) is 37.1 Å². The second-order valence-corrected chi connectivity index (χ2v) is 5.76. The Labute approximate surface area is 124 Å². The van der Waals surface area contributed by atoms with Crippen molar-refractivity contribution in [2.75, 3.05) is 32.8 Å². The first-order valence-electron chi connectivity index (χ1n) is 7.46. The Morgan fingerprint density at radius 1 is 1.38 bits per heavy atom. The SMILES string of the molecule is OCC1CCN(CC(O)COc2cccc3[nH]ccc23)C1. The molecule has 0 saturated carbocycles. The summed E-state index contributed by atoms with van der Waals surface area (Å²) in [5, 5.41) is 20.3. The molecule has 1 aliphatic rings. The van der Waals surface area contributed by atoms with Crippen molar-refractivity contribution in [3.05, 3.63) is 30.5 Å². The van der Waals surface area contributed by atoms with Gasteiger partial charge in [-0.2, -0.15) is 0 Å². The highest BCUT2D eigenvalue weighted by Gasteiger charge is 2.23. The van der Waals surface area contributed by atoms with Crippen LogP contribution in [0.2, 0.25) is 0 Å². The number of fused-ring (bicyclic) bond motifs is 1. The van der Waals surface area contributed by atoms with Crippen molar-refractivity contribution in [3.63, 3.8) is 0 Å². The van der Waals surface area contributed by atoms with E-state index in [1.54, 1.807) is 0 Å². The molecule has 1 fully saturated rings. The fraction of sp³-hybridized carbons (Fsp3) is 0.500. The molecule has 0 radical (unpaired) electrons. The Morgan fingerprint density at radius 3 is 3.10 bits per heavy atom. The number of likely N-dealkylation sites (tertiary alicyclic amines) is 1. The van der Waals surface area contributed by atoms with E-state index in [0.717, 1.165) is 36.2 Å². The molecule has 0 aliphatic carbocycles. The van der Waals surface area contributed by atoms with E-state index in [9.17, 15) is 5.11 Å². The molecule has 3 N–H and O–H groups in total. The highest BCUT2D eigenvalue weighted by Crippen LogP contribution is 2.24. The van der Waals surface area contributed by atoms with Gasteiger partial charge in [-0.15, -0.1) is 0 Å². The molecule has 1 aliphatic heterocycles. The van der Waals surface area contributed by atoms with Crippen LogP contribution in [-0.4, -0.2) is 59.0 Å². The van der Waals surface area contributed by atoms with Crippen molar-refractivity contribution < 1.29 is 14.9 Å². The second kappa shape index (κ2) is 6.47. The molecule has 2 aromatic rings. The predicted octanol–water partition coefficient (Wildman–Crippen LogP) is 1.22. The Kier molecular flexibility index (Phi) is 4.43. The predicted molar refractivity (Wildman–Crippen MR) is 81.4 cm³/mol. The second-order valence-electron chi connectivity index (χ2n) is 5.76. The zero-order chi connectivity index (χ0) is 14.7. The lowest BCUT2D eigenvalue weighted by molar-refractivity contribution is 0.0741. The minimum Gasteiger partial charge on any atom is -0.490 e. The maximum atomic E-state index is 10.1. The number of benzene rings is 1. The van der Waals surface area contributed by atoms with Crippen molar-refractivity contribution in [2.24, 2.45) is 5.92 Å². The van der Waals surface area contributed by atoms with Crippen LogP contribution in [0.3, 0.4) is 0 Å². The first-order valence-corrected chi connectivity index (χ1v) is 7.46. The first-order chi connectivity index (χ1) is 10.3. The van der Waals surface area contributed by atoms with Gasteiger partial charge in [0.2, 0.25) is 0 Å². The van der Waals surface area contributed by atoms with Gasteiger partial charge in [0.1, 0.15) is 18.5 Å². The molecule has 0 spiro atoms. The third kappa shape index (κ3) is 3.37. The number of nitrogens with zero attached hydrogens (tertiary/aromatic N) is 1. The van der Waals surface area contributed by atoms with E-state index in [4.69, 9.17) is 9.84 Å². The van der Waals surface area contributed by atoms with Crippen LogP contribution in [0.25, 0.3) is 10.9 Å². The molecule has 0 bridgehead atoms. The number of H-pyrrole nitrogens is 1. The maximum absolute atomic E-state index is 10.1. The summed E-state index contributed by atoms with van der Waals surface area (Å²) in [6, 6.07) is 7.83. The van der Waals surface area contributed by atoms with Crippen molar-refractivity contribution in [2.45, 2.75) is 12.5 Å². The number of hydrogen-bond acceptors (Lipinski definition) is 4.